The molecule has 1 rings (SSSR count). The Bertz CT molecular complexity index is 202. The quantitative estimate of drug-likeness (QED) is 0.657. The number of carboxylic acid groups (broad SMARTS) is 1. The molecule has 1 N–H and O–H groups in total. The molecule has 0 aromatic rings. The number of hydrogen-bond acceptors (Lipinski definition) is 2. The minimum absolute atomic E-state index is 0.0313. The van der Waals surface area contributed by atoms with Crippen LogP contribution in [-0.4, -0.2) is 34.5 Å². The van der Waals surface area contributed by atoms with Crippen LogP contribution in [0.15, 0.2) is 0 Å². The lowest BCUT2D eigenvalue weighted by atomic mass is 10.1. The van der Waals surface area contributed by atoms with Crippen molar-refractivity contribution in [3.8, 4) is 0 Å². The average Bonchev–Trinajstić information content (AvgIpc) is 2.04. The average molecular weight is 171 g/mol. The van der Waals surface area contributed by atoms with Crippen molar-refractivity contribution < 1.29 is 14.7 Å². The zero-order valence-corrected chi connectivity index (χ0v) is 7.12. The van der Waals surface area contributed by atoms with Crippen molar-refractivity contribution in [3.63, 3.8) is 0 Å². The van der Waals surface area contributed by atoms with E-state index in [0.29, 0.717) is 13.0 Å². The van der Waals surface area contributed by atoms with Gasteiger partial charge in [0.2, 0.25) is 5.91 Å². The zero-order valence-electron chi connectivity index (χ0n) is 7.12. The highest BCUT2D eigenvalue weighted by molar-refractivity contribution is 5.83. The highest BCUT2D eigenvalue weighted by atomic mass is 16.4. The molecule has 0 radical (unpaired) electrons. The number of carbonyl (C=O) groups is 2. The van der Waals surface area contributed by atoms with E-state index in [1.165, 1.54) is 4.90 Å². The second-order valence-corrected chi connectivity index (χ2v) is 3.06. The van der Waals surface area contributed by atoms with Crippen molar-refractivity contribution >= 4 is 11.9 Å². The summed E-state index contributed by atoms with van der Waals surface area (Å²) in [6.45, 7) is 2.14. The molecule has 0 aromatic carbocycles. The molecule has 1 atom stereocenters. The Morgan fingerprint density at radius 1 is 1.58 bits per heavy atom. The molecule has 0 aliphatic carbocycles. The number of rotatable bonds is 2. The fourth-order valence-corrected chi connectivity index (χ4v) is 1.37. The third-order valence-corrected chi connectivity index (χ3v) is 2.18. The largest absolute Gasteiger partial charge is 0.480 e. The molecule has 1 amide bonds. The van der Waals surface area contributed by atoms with Crippen molar-refractivity contribution in [2.24, 2.45) is 0 Å². The van der Waals surface area contributed by atoms with Crippen LogP contribution >= 0.6 is 0 Å². The normalized spacial score (nSPS) is 20.8. The molecule has 4 nitrogen and oxygen atoms in total. The van der Waals surface area contributed by atoms with E-state index in [1.54, 1.807) is 6.92 Å². The Kier molecular flexibility index (Phi) is 2.68. The lowest BCUT2D eigenvalue weighted by molar-refractivity contribution is -0.150. The van der Waals surface area contributed by atoms with Crippen LogP contribution in [0.2, 0.25) is 0 Å². The number of hydrogen-bond donors (Lipinski definition) is 1. The maximum atomic E-state index is 11.2. The van der Waals surface area contributed by atoms with E-state index in [4.69, 9.17) is 5.11 Å². The van der Waals surface area contributed by atoms with Gasteiger partial charge in [-0.15, -0.1) is 0 Å². The van der Waals surface area contributed by atoms with Gasteiger partial charge in [-0.2, -0.15) is 0 Å². The Morgan fingerprint density at radius 3 is 2.75 bits per heavy atom. The lowest BCUT2D eigenvalue weighted by Crippen LogP contribution is -2.45. The SMILES string of the molecule is CC(C(=O)O)N1CCCCC1=O. The van der Waals surface area contributed by atoms with Crippen molar-refractivity contribution in [2.45, 2.75) is 32.2 Å². The van der Waals surface area contributed by atoms with Crippen LogP contribution < -0.4 is 0 Å². The van der Waals surface area contributed by atoms with Crippen LogP contribution in [0.1, 0.15) is 26.2 Å². The number of carbonyl (C=O) groups excluding carboxylic acids is 1. The van der Waals surface area contributed by atoms with Gasteiger partial charge in [-0.05, 0) is 19.8 Å². The molecular formula is C8H13NO3. The molecule has 1 unspecified atom stereocenters. The van der Waals surface area contributed by atoms with Crippen LogP contribution in [0.5, 0.6) is 0 Å². The van der Waals surface area contributed by atoms with E-state index >= 15 is 0 Å². The van der Waals surface area contributed by atoms with Crippen LogP contribution in [-0.2, 0) is 9.59 Å². The minimum Gasteiger partial charge on any atom is -0.480 e. The first-order chi connectivity index (χ1) is 5.63. The maximum absolute atomic E-state index is 11.2. The van der Waals surface area contributed by atoms with E-state index in [0.717, 1.165) is 12.8 Å². The number of carboxylic acids is 1. The van der Waals surface area contributed by atoms with E-state index < -0.39 is 12.0 Å². The Labute approximate surface area is 71.2 Å². The van der Waals surface area contributed by atoms with Crippen LogP contribution in [0, 0.1) is 0 Å². The molecule has 4 heteroatoms. The van der Waals surface area contributed by atoms with Crippen LogP contribution in [0.25, 0.3) is 0 Å². The van der Waals surface area contributed by atoms with Gasteiger partial charge in [-0.25, -0.2) is 4.79 Å². The highest BCUT2D eigenvalue weighted by Crippen LogP contribution is 2.13. The lowest BCUT2D eigenvalue weighted by Gasteiger charge is -2.29. The summed E-state index contributed by atoms with van der Waals surface area (Å²) in [5.41, 5.74) is 0. The number of amides is 1. The highest BCUT2D eigenvalue weighted by Gasteiger charge is 2.26. The first-order valence-electron chi connectivity index (χ1n) is 4.15. The third kappa shape index (κ3) is 1.75. The summed E-state index contributed by atoms with van der Waals surface area (Å²) in [5.74, 6) is -0.957. The fraction of sp³-hybridized carbons (Fsp3) is 0.750. The fourth-order valence-electron chi connectivity index (χ4n) is 1.37. The summed E-state index contributed by atoms with van der Waals surface area (Å²) in [7, 11) is 0. The third-order valence-electron chi connectivity index (χ3n) is 2.18. The second-order valence-electron chi connectivity index (χ2n) is 3.06. The van der Waals surface area contributed by atoms with Crippen molar-refractivity contribution in [3.05, 3.63) is 0 Å². The zero-order chi connectivity index (χ0) is 9.14. The van der Waals surface area contributed by atoms with Gasteiger partial charge in [0.25, 0.3) is 0 Å². The molecule has 0 bridgehead atoms. The minimum atomic E-state index is -0.926. The maximum Gasteiger partial charge on any atom is 0.326 e. The summed E-state index contributed by atoms with van der Waals surface area (Å²) in [6.07, 6.45) is 2.31. The van der Waals surface area contributed by atoms with Gasteiger partial charge in [-0.3, -0.25) is 4.79 Å². The Balaban J connectivity index is 2.59. The summed E-state index contributed by atoms with van der Waals surface area (Å²) < 4.78 is 0. The van der Waals surface area contributed by atoms with Gasteiger partial charge >= 0.3 is 5.97 Å². The van der Waals surface area contributed by atoms with Crippen molar-refractivity contribution in [2.75, 3.05) is 6.54 Å². The van der Waals surface area contributed by atoms with Gasteiger partial charge in [0.15, 0.2) is 0 Å². The van der Waals surface area contributed by atoms with E-state index in [1.807, 2.05) is 0 Å². The predicted molar refractivity (Wildman–Crippen MR) is 42.7 cm³/mol. The van der Waals surface area contributed by atoms with Crippen LogP contribution in [0.4, 0.5) is 0 Å². The number of piperidine rings is 1. The van der Waals surface area contributed by atoms with Gasteiger partial charge in [0.1, 0.15) is 6.04 Å². The smallest absolute Gasteiger partial charge is 0.326 e. The molecule has 1 aliphatic rings. The van der Waals surface area contributed by atoms with E-state index in [-0.39, 0.29) is 5.91 Å². The van der Waals surface area contributed by atoms with Gasteiger partial charge in [0.05, 0.1) is 0 Å². The molecule has 0 aromatic heterocycles. The van der Waals surface area contributed by atoms with Gasteiger partial charge in [0, 0.05) is 13.0 Å². The van der Waals surface area contributed by atoms with Crippen LogP contribution in [0.3, 0.4) is 0 Å². The predicted octanol–water partition coefficient (Wildman–Crippen LogP) is 0.472. The molecule has 1 fully saturated rings. The second kappa shape index (κ2) is 3.56. The molecule has 1 saturated heterocycles. The topological polar surface area (TPSA) is 57.6 Å². The summed E-state index contributed by atoms with van der Waals surface area (Å²) in [4.78, 5) is 23.2. The van der Waals surface area contributed by atoms with Crippen molar-refractivity contribution in [1.82, 2.24) is 4.90 Å². The molecule has 0 spiro atoms. The number of aliphatic carboxylic acids is 1. The van der Waals surface area contributed by atoms with E-state index in [2.05, 4.69) is 0 Å². The Morgan fingerprint density at radius 2 is 2.25 bits per heavy atom. The van der Waals surface area contributed by atoms with E-state index in [9.17, 15) is 9.59 Å². The molecule has 1 heterocycles. The monoisotopic (exact) mass is 171 g/mol. The standard InChI is InChI=1S/C8H13NO3/c1-6(8(11)12)9-5-3-2-4-7(9)10/h6H,2-5H2,1H3,(H,11,12). The summed E-state index contributed by atoms with van der Waals surface area (Å²) in [5, 5.41) is 8.66. The molecule has 68 valence electrons. The van der Waals surface area contributed by atoms with Crippen molar-refractivity contribution in [1.29, 1.82) is 0 Å². The Hall–Kier alpha value is -1.06. The molecule has 0 saturated carbocycles. The summed E-state index contributed by atoms with van der Waals surface area (Å²) in [6, 6.07) is -0.669. The number of nitrogens with zero attached hydrogens (tertiary/aromatic N) is 1. The number of likely N-dealkylation sites (tertiary alicyclic amines) is 1. The van der Waals surface area contributed by atoms with Gasteiger partial charge in [-0.1, -0.05) is 0 Å². The summed E-state index contributed by atoms with van der Waals surface area (Å²) >= 11 is 0. The molecule has 12 heavy (non-hydrogen) atoms. The first kappa shape index (κ1) is 9.03. The first-order valence-corrected chi connectivity index (χ1v) is 4.15. The van der Waals surface area contributed by atoms with Gasteiger partial charge < -0.3 is 10.0 Å². The molecular weight excluding hydrogens is 158 g/mol. The molecule has 1 aliphatic heterocycles.